The number of esters is 4. The quantitative estimate of drug-likeness (QED) is 0.332. The Labute approximate surface area is 199 Å². The molecule has 0 aromatic carbocycles. The molecule has 192 valence electrons. The van der Waals surface area contributed by atoms with Gasteiger partial charge in [0.1, 0.15) is 18.8 Å². The Hall–Kier alpha value is -2.74. The highest BCUT2D eigenvalue weighted by Gasteiger charge is 2.58. The van der Waals surface area contributed by atoms with Crippen molar-refractivity contribution >= 4 is 46.7 Å². The van der Waals surface area contributed by atoms with Gasteiger partial charge in [0, 0.05) is 41.0 Å². The average molecular weight is 510 g/mol. The summed E-state index contributed by atoms with van der Waals surface area (Å²) >= 11 is 0.373. The van der Waals surface area contributed by atoms with Crippen LogP contribution in [0.25, 0.3) is 0 Å². The van der Waals surface area contributed by atoms with Crippen LogP contribution in [0.2, 0.25) is 0 Å². The second-order valence-electron chi connectivity index (χ2n) is 7.39. The number of thioether (sulfide) groups is 1. The number of carbonyl (C=O) groups is 6. The van der Waals surface area contributed by atoms with Gasteiger partial charge in [-0.2, -0.15) is 0 Å². The van der Waals surface area contributed by atoms with Gasteiger partial charge in [-0.25, -0.2) is 9.18 Å². The van der Waals surface area contributed by atoms with Gasteiger partial charge in [0.25, 0.3) is 0 Å². The lowest BCUT2D eigenvalue weighted by atomic mass is 9.90. The maximum absolute atomic E-state index is 15.9. The van der Waals surface area contributed by atoms with Gasteiger partial charge in [-0.3, -0.25) is 24.0 Å². The second-order valence-corrected chi connectivity index (χ2v) is 8.83. The SMILES string of the molecule is COC(=O)[C@@]1(SC(C)=O)C[C@H](OC(C)=O)[C@@H](NC(C)=O)[C@H]([C@H](F)[C@@H](COC(C)=O)OC(C)=O)O1. The molecule has 1 rings (SSSR count). The summed E-state index contributed by atoms with van der Waals surface area (Å²) in [6.07, 6.45) is -7.68. The van der Waals surface area contributed by atoms with Crippen molar-refractivity contribution in [2.24, 2.45) is 0 Å². The van der Waals surface area contributed by atoms with Crippen LogP contribution < -0.4 is 5.32 Å². The number of halogens is 1. The van der Waals surface area contributed by atoms with Gasteiger partial charge in [0.2, 0.25) is 10.8 Å². The molecule has 12 nitrogen and oxygen atoms in total. The number of hydrogen-bond donors (Lipinski definition) is 1. The Morgan fingerprint density at radius 1 is 1.06 bits per heavy atom. The van der Waals surface area contributed by atoms with E-state index in [0.717, 1.165) is 41.7 Å². The molecule has 14 heteroatoms. The predicted molar refractivity (Wildman–Crippen MR) is 113 cm³/mol. The Balaban J connectivity index is 3.59. The van der Waals surface area contributed by atoms with Crippen molar-refractivity contribution in [1.82, 2.24) is 5.32 Å². The highest BCUT2D eigenvalue weighted by molar-refractivity contribution is 8.15. The number of nitrogens with one attached hydrogen (secondary N) is 1. The first-order chi connectivity index (χ1) is 15.7. The molecule has 0 saturated carbocycles. The summed E-state index contributed by atoms with van der Waals surface area (Å²) in [5, 5.41) is 1.81. The maximum atomic E-state index is 15.9. The summed E-state index contributed by atoms with van der Waals surface area (Å²) < 4.78 is 41.4. The van der Waals surface area contributed by atoms with Gasteiger partial charge >= 0.3 is 23.9 Å². The monoisotopic (exact) mass is 509 g/mol. The molecule has 0 aromatic rings. The molecule has 34 heavy (non-hydrogen) atoms. The average Bonchev–Trinajstić information content (AvgIpc) is 2.70. The third-order valence-corrected chi connectivity index (χ3v) is 5.53. The summed E-state index contributed by atoms with van der Waals surface area (Å²) in [6.45, 7) is 4.63. The standard InChI is InChI=1S/C20H28FNO11S/c1-9(23)22-17-14(31-11(3)25)7-20(19(28)29-6,34-13(5)27)33-18(17)16(21)15(32-12(4)26)8-30-10(2)24/h14-18H,7-8H2,1-6H3,(H,22,23)/t14-,15+,16+,17+,18-,20-/m0/s1. The fourth-order valence-electron chi connectivity index (χ4n) is 3.39. The normalized spacial score (nSPS) is 25.8. The van der Waals surface area contributed by atoms with Crippen molar-refractivity contribution in [2.75, 3.05) is 13.7 Å². The van der Waals surface area contributed by atoms with Crippen LogP contribution in [0.4, 0.5) is 4.39 Å². The van der Waals surface area contributed by atoms with E-state index < -0.39 is 83.4 Å². The van der Waals surface area contributed by atoms with Crippen molar-refractivity contribution in [2.45, 2.75) is 76.5 Å². The zero-order valence-electron chi connectivity index (χ0n) is 19.6. The van der Waals surface area contributed by atoms with E-state index in [1.54, 1.807) is 0 Å². The lowest BCUT2D eigenvalue weighted by molar-refractivity contribution is -0.208. The molecule has 0 radical (unpaired) electrons. The van der Waals surface area contributed by atoms with Crippen LogP contribution in [-0.4, -0.2) is 84.1 Å². The van der Waals surface area contributed by atoms with Gasteiger partial charge in [0.15, 0.2) is 17.4 Å². The molecule has 0 aliphatic carbocycles. The highest BCUT2D eigenvalue weighted by Crippen LogP contribution is 2.43. The second kappa shape index (κ2) is 12.6. The first-order valence-corrected chi connectivity index (χ1v) is 10.9. The molecule has 1 N–H and O–H groups in total. The topological polar surface area (TPSA) is 161 Å². The first-order valence-electron chi connectivity index (χ1n) is 10.1. The van der Waals surface area contributed by atoms with Crippen molar-refractivity contribution < 1.29 is 56.8 Å². The van der Waals surface area contributed by atoms with Gasteiger partial charge < -0.3 is 29.0 Å². The zero-order chi connectivity index (χ0) is 26.2. The van der Waals surface area contributed by atoms with E-state index in [-0.39, 0.29) is 0 Å². The van der Waals surface area contributed by atoms with Crippen LogP contribution in [0, 0.1) is 0 Å². The van der Waals surface area contributed by atoms with E-state index in [4.69, 9.17) is 23.7 Å². The zero-order valence-corrected chi connectivity index (χ0v) is 20.4. The van der Waals surface area contributed by atoms with Crippen molar-refractivity contribution in [3.8, 4) is 0 Å². The molecular formula is C20H28FNO11S. The fourth-order valence-corrected chi connectivity index (χ4v) is 4.43. The first kappa shape index (κ1) is 29.3. The largest absolute Gasteiger partial charge is 0.466 e. The van der Waals surface area contributed by atoms with E-state index in [0.29, 0.717) is 11.8 Å². The predicted octanol–water partition coefficient (Wildman–Crippen LogP) is 0.194. The van der Waals surface area contributed by atoms with E-state index in [9.17, 15) is 28.8 Å². The van der Waals surface area contributed by atoms with Crippen molar-refractivity contribution in [3.05, 3.63) is 0 Å². The minimum atomic E-state index is -2.32. The summed E-state index contributed by atoms with van der Waals surface area (Å²) in [5.74, 6) is -4.26. The Morgan fingerprint density at radius 2 is 1.68 bits per heavy atom. The third-order valence-electron chi connectivity index (χ3n) is 4.48. The number of alkyl halides is 1. The van der Waals surface area contributed by atoms with Crippen molar-refractivity contribution in [1.29, 1.82) is 0 Å². The van der Waals surface area contributed by atoms with Gasteiger partial charge in [-0.15, -0.1) is 0 Å². The summed E-state index contributed by atoms with van der Waals surface area (Å²) in [7, 11) is 1.01. The fraction of sp³-hybridized carbons (Fsp3) is 0.700. The smallest absolute Gasteiger partial charge is 0.349 e. The van der Waals surface area contributed by atoms with Crippen LogP contribution in [0.5, 0.6) is 0 Å². The minimum Gasteiger partial charge on any atom is -0.466 e. The molecule has 1 aliphatic rings. The van der Waals surface area contributed by atoms with Gasteiger partial charge in [-0.05, 0) is 11.8 Å². The maximum Gasteiger partial charge on any atom is 0.349 e. The molecular weight excluding hydrogens is 481 g/mol. The van der Waals surface area contributed by atoms with E-state index in [1.165, 1.54) is 0 Å². The van der Waals surface area contributed by atoms with Gasteiger partial charge in [-0.1, -0.05) is 0 Å². The number of amides is 1. The molecule has 6 atom stereocenters. The summed E-state index contributed by atoms with van der Waals surface area (Å²) in [6, 6.07) is -1.38. The number of ether oxygens (including phenoxy) is 5. The molecule has 0 bridgehead atoms. The Bertz CT molecular complexity index is 822. The molecule has 1 amide bonds. The van der Waals surface area contributed by atoms with E-state index in [2.05, 4.69) is 5.32 Å². The molecule has 1 saturated heterocycles. The molecule has 1 heterocycles. The van der Waals surface area contributed by atoms with Gasteiger partial charge in [0.05, 0.1) is 13.2 Å². The molecule has 1 aliphatic heterocycles. The third kappa shape index (κ3) is 8.24. The van der Waals surface area contributed by atoms with E-state index >= 15 is 4.39 Å². The summed E-state index contributed by atoms with van der Waals surface area (Å²) in [4.78, 5) is 68.9. The van der Waals surface area contributed by atoms with Crippen LogP contribution in [0.3, 0.4) is 0 Å². The lowest BCUT2D eigenvalue weighted by Crippen LogP contribution is -2.66. The lowest BCUT2D eigenvalue weighted by Gasteiger charge is -2.47. The number of methoxy groups -OCH3 is 1. The molecule has 0 spiro atoms. The minimum absolute atomic E-state index is 0.373. The molecule has 0 aromatic heterocycles. The molecule has 1 fully saturated rings. The van der Waals surface area contributed by atoms with Crippen molar-refractivity contribution in [3.63, 3.8) is 0 Å². The van der Waals surface area contributed by atoms with Crippen LogP contribution in [0.1, 0.15) is 41.0 Å². The van der Waals surface area contributed by atoms with Crippen LogP contribution >= 0.6 is 11.8 Å². The Morgan fingerprint density at radius 3 is 2.12 bits per heavy atom. The Kier molecular flexibility index (Phi) is 10.9. The highest BCUT2D eigenvalue weighted by atomic mass is 32.2. The number of rotatable bonds is 9. The van der Waals surface area contributed by atoms with E-state index in [1.807, 2.05) is 0 Å². The van der Waals surface area contributed by atoms with Crippen LogP contribution in [-0.2, 0) is 52.5 Å². The molecule has 0 unspecified atom stereocenters. The van der Waals surface area contributed by atoms with Crippen LogP contribution in [0.15, 0.2) is 0 Å². The number of hydrogen-bond acceptors (Lipinski definition) is 12. The number of carbonyl (C=O) groups excluding carboxylic acids is 6. The summed E-state index contributed by atoms with van der Waals surface area (Å²) in [5.41, 5.74) is 0.